The van der Waals surface area contributed by atoms with Crippen LogP contribution in [0.25, 0.3) is 88.0 Å². The minimum absolute atomic E-state index is 0.580. The molecule has 0 N–H and O–H groups in total. The van der Waals surface area contributed by atoms with Crippen molar-refractivity contribution >= 4 is 53.9 Å². The Morgan fingerprint density at radius 3 is 1.84 bits per heavy atom. The van der Waals surface area contributed by atoms with E-state index in [4.69, 9.17) is 19.7 Å². The zero-order valence-electron chi connectivity index (χ0n) is 24.0. The molecule has 0 saturated heterocycles. The summed E-state index contributed by atoms with van der Waals surface area (Å²) in [7, 11) is 0. The first-order chi connectivity index (χ1) is 22.3. The Kier molecular flexibility index (Phi) is 4.96. The molecule has 1 aliphatic heterocycles. The second-order valence-corrected chi connectivity index (χ2v) is 11.6. The topological polar surface area (TPSA) is 47.9 Å². The molecule has 0 saturated carbocycles. The molecule has 0 bridgehead atoms. The summed E-state index contributed by atoms with van der Waals surface area (Å²) >= 11 is 0. The maximum Gasteiger partial charge on any atom is 0.167 e. The summed E-state index contributed by atoms with van der Waals surface area (Å²) in [5, 5.41) is 11.5. The number of fused-ring (bicyclic) bond motifs is 2. The Morgan fingerprint density at radius 2 is 0.978 bits per heavy atom. The molecule has 2 heterocycles. The molecule has 208 valence electrons. The lowest BCUT2D eigenvalue weighted by Gasteiger charge is -2.22. The van der Waals surface area contributed by atoms with Crippen LogP contribution in [-0.2, 0) is 0 Å². The molecule has 9 aromatic rings. The van der Waals surface area contributed by atoms with Gasteiger partial charge in [-0.15, -0.1) is 0 Å². The first-order valence-corrected chi connectivity index (χ1v) is 15.1. The van der Waals surface area contributed by atoms with Crippen molar-refractivity contribution in [1.29, 1.82) is 0 Å². The van der Waals surface area contributed by atoms with Crippen LogP contribution in [0.4, 0.5) is 0 Å². The highest BCUT2D eigenvalue weighted by atomic mass is 16.5. The van der Waals surface area contributed by atoms with Gasteiger partial charge in [0.1, 0.15) is 11.5 Å². The third-order valence-electron chi connectivity index (χ3n) is 9.05. The van der Waals surface area contributed by atoms with E-state index in [-0.39, 0.29) is 0 Å². The van der Waals surface area contributed by atoms with E-state index in [2.05, 4.69) is 140 Å². The smallest absolute Gasteiger partial charge is 0.167 e. The lowest BCUT2D eigenvalue weighted by Crippen LogP contribution is -2.03. The third kappa shape index (κ3) is 3.63. The highest BCUT2D eigenvalue weighted by Crippen LogP contribution is 2.50. The van der Waals surface area contributed by atoms with E-state index in [0.29, 0.717) is 17.5 Å². The Balaban J connectivity index is 1.28. The van der Waals surface area contributed by atoms with Gasteiger partial charge in [-0.25, -0.2) is 15.0 Å². The molecular formula is C41H23N3O. The Hall–Kier alpha value is -6.13. The summed E-state index contributed by atoms with van der Waals surface area (Å²) < 4.78 is 6.79. The van der Waals surface area contributed by atoms with Gasteiger partial charge in [-0.1, -0.05) is 121 Å². The first-order valence-electron chi connectivity index (χ1n) is 15.1. The number of hydrogen-bond acceptors (Lipinski definition) is 4. The first kappa shape index (κ1) is 24.3. The van der Waals surface area contributed by atoms with Crippen molar-refractivity contribution in [3.8, 4) is 45.7 Å². The zero-order valence-corrected chi connectivity index (χ0v) is 24.0. The molecule has 0 radical (unpaired) electrons. The SMILES string of the molecule is c1ccc2cc(-c3nc(-c4ccc5ccc6ccc7cccc8c7c6c5c4O8)nc(-c4cccc5ccccc45)n3)ccc2c1. The summed E-state index contributed by atoms with van der Waals surface area (Å²) in [5.41, 5.74) is 2.74. The van der Waals surface area contributed by atoms with E-state index in [1.54, 1.807) is 0 Å². The molecule has 1 aromatic heterocycles. The molecule has 0 unspecified atom stereocenters. The van der Waals surface area contributed by atoms with Gasteiger partial charge in [-0.05, 0) is 55.9 Å². The second kappa shape index (κ2) is 9.18. The largest absolute Gasteiger partial charge is 0.455 e. The van der Waals surface area contributed by atoms with E-state index < -0.39 is 0 Å². The molecule has 0 fully saturated rings. The minimum atomic E-state index is 0.580. The lowest BCUT2D eigenvalue weighted by molar-refractivity contribution is 0.494. The van der Waals surface area contributed by atoms with Gasteiger partial charge in [0.25, 0.3) is 0 Å². The molecule has 0 atom stereocenters. The Morgan fingerprint density at radius 1 is 0.378 bits per heavy atom. The van der Waals surface area contributed by atoms with E-state index in [1.807, 2.05) is 0 Å². The fourth-order valence-corrected chi connectivity index (χ4v) is 6.92. The van der Waals surface area contributed by atoms with Crippen molar-refractivity contribution in [3.05, 3.63) is 140 Å². The number of nitrogens with zero attached hydrogens (tertiary/aromatic N) is 3. The van der Waals surface area contributed by atoms with Crippen molar-refractivity contribution in [1.82, 2.24) is 15.0 Å². The lowest BCUT2D eigenvalue weighted by atomic mass is 9.92. The molecule has 1 aliphatic rings. The van der Waals surface area contributed by atoms with Crippen molar-refractivity contribution in [2.75, 3.05) is 0 Å². The maximum absolute atomic E-state index is 6.79. The van der Waals surface area contributed by atoms with Gasteiger partial charge in [0.05, 0.1) is 5.56 Å². The van der Waals surface area contributed by atoms with Gasteiger partial charge in [0.2, 0.25) is 0 Å². The average Bonchev–Trinajstić information content (AvgIpc) is 3.11. The third-order valence-corrected chi connectivity index (χ3v) is 9.05. The zero-order chi connectivity index (χ0) is 29.5. The number of benzene rings is 8. The highest BCUT2D eigenvalue weighted by Gasteiger charge is 2.24. The average molecular weight is 574 g/mol. The summed E-state index contributed by atoms with van der Waals surface area (Å²) in [5.74, 6) is 3.46. The van der Waals surface area contributed by atoms with E-state index in [1.165, 1.54) is 21.5 Å². The molecule has 45 heavy (non-hydrogen) atoms. The number of ether oxygens (including phenoxy) is 1. The van der Waals surface area contributed by atoms with E-state index in [0.717, 1.165) is 60.5 Å². The molecule has 10 rings (SSSR count). The quantitative estimate of drug-likeness (QED) is 0.197. The predicted octanol–water partition coefficient (Wildman–Crippen LogP) is 10.7. The fourth-order valence-electron chi connectivity index (χ4n) is 6.92. The maximum atomic E-state index is 6.79. The van der Waals surface area contributed by atoms with Crippen molar-refractivity contribution < 1.29 is 4.74 Å². The molecule has 0 amide bonds. The standard InChI is InChI=1S/C41H23N3O/c1-2-9-29-23-30(20-15-24(29)7-1)39-42-40(32-13-5-10-25-8-3-4-12-31(25)32)44-41(43-39)33-22-21-28-19-18-27-17-16-26-11-6-14-34-35(26)36(27)37(28)38(33)45-34/h1-23H. The molecule has 8 aromatic carbocycles. The summed E-state index contributed by atoms with van der Waals surface area (Å²) in [6.45, 7) is 0. The van der Waals surface area contributed by atoms with Crippen molar-refractivity contribution in [3.63, 3.8) is 0 Å². The van der Waals surface area contributed by atoms with Gasteiger partial charge in [-0.3, -0.25) is 0 Å². The highest BCUT2D eigenvalue weighted by molar-refractivity contribution is 6.26. The van der Waals surface area contributed by atoms with Gasteiger partial charge in [0, 0.05) is 27.3 Å². The number of aromatic nitrogens is 3. The fraction of sp³-hybridized carbons (Fsp3) is 0. The van der Waals surface area contributed by atoms with Gasteiger partial charge >= 0.3 is 0 Å². The van der Waals surface area contributed by atoms with Crippen LogP contribution in [0.3, 0.4) is 0 Å². The van der Waals surface area contributed by atoms with Crippen LogP contribution in [0.2, 0.25) is 0 Å². The van der Waals surface area contributed by atoms with Crippen molar-refractivity contribution in [2.45, 2.75) is 0 Å². The summed E-state index contributed by atoms with van der Waals surface area (Å²) in [6, 6.07) is 48.6. The van der Waals surface area contributed by atoms with Crippen LogP contribution in [0.5, 0.6) is 11.5 Å². The molecule has 4 heteroatoms. The molecule has 0 aliphatic carbocycles. The minimum Gasteiger partial charge on any atom is -0.455 e. The van der Waals surface area contributed by atoms with Gasteiger partial charge < -0.3 is 4.74 Å². The van der Waals surface area contributed by atoms with Crippen LogP contribution in [-0.4, -0.2) is 15.0 Å². The van der Waals surface area contributed by atoms with E-state index in [9.17, 15) is 0 Å². The number of rotatable bonds is 3. The van der Waals surface area contributed by atoms with Crippen LogP contribution >= 0.6 is 0 Å². The normalized spacial score (nSPS) is 12.2. The van der Waals surface area contributed by atoms with Crippen LogP contribution in [0, 0.1) is 0 Å². The van der Waals surface area contributed by atoms with Gasteiger partial charge in [-0.2, -0.15) is 0 Å². The van der Waals surface area contributed by atoms with Crippen LogP contribution in [0.15, 0.2) is 140 Å². The Labute approximate surface area is 258 Å². The Bertz CT molecular complexity index is 2680. The number of hydrogen-bond donors (Lipinski definition) is 0. The summed E-state index contributed by atoms with van der Waals surface area (Å²) in [4.78, 5) is 15.4. The van der Waals surface area contributed by atoms with Crippen LogP contribution < -0.4 is 4.74 Å². The molecule has 4 nitrogen and oxygen atoms in total. The molecular weight excluding hydrogens is 550 g/mol. The molecule has 0 spiro atoms. The van der Waals surface area contributed by atoms with Crippen LogP contribution in [0.1, 0.15) is 0 Å². The predicted molar refractivity (Wildman–Crippen MR) is 184 cm³/mol. The van der Waals surface area contributed by atoms with Crippen molar-refractivity contribution in [2.24, 2.45) is 0 Å². The second-order valence-electron chi connectivity index (χ2n) is 11.6. The monoisotopic (exact) mass is 573 g/mol. The van der Waals surface area contributed by atoms with Gasteiger partial charge in [0.15, 0.2) is 17.5 Å². The van der Waals surface area contributed by atoms with E-state index >= 15 is 0 Å². The summed E-state index contributed by atoms with van der Waals surface area (Å²) in [6.07, 6.45) is 0.